The summed E-state index contributed by atoms with van der Waals surface area (Å²) in [6.45, 7) is 0.542. The molecule has 0 atom stereocenters. The average Bonchev–Trinajstić information content (AvgIpc) is 3.28. The lowest BCUT2D eigenvalue weighted by molar-refractivity contribution is 0.103. The smallest absolute Gasteiger partial charge is 0.222 e. The zero-order chi connectivity index (χ0) is 15.8. The maximum absolute atomic E-state index is 12.7. The molecule has 0 bridgehead atoms. The van der Waals surface area contributed by atoms with Crippen LogP contribution in [0.15, 0.2) is 39.1 Å². The summed E-state index contributed by atoms with van der Waals surface area (Å²) in [6.07, 6.45) is 1.74. The van der Waals surface area contributed by atoms with Gasteiger partial charge in [-0.1, -0.05) is 6.07 Å². The molecular formula is C14H11N5OS3. The number of hydrazine groups is 1. The molecule has 4 heterocycles. The van der Waals surface area contributed by atoms with Crippen molar-refractivity contribution in [2.45, 2.75) is 5.16 Å². The van der Waals surface area contributed by atoms with Crippen molar-refractivity contribution in [2.24, 2.45) is 4.99 Å². The zero-order valence-corrected chi connectivity index (χ0v) is 14.5. The van der Waals surface area contributed by atoms with E-state index < -0.39 is 0 Å². The maximum Gasteiger partial charge on any atom is 0.222 e. The second-order valence-corrected chi connectivity index (χ2v) is 7.59. The van der Waals surface area contributed by atoms with Crippen LogP contribution in [0, 0.1) is 0 Å². The van der Waals surface area contributed by atoms with E-state index >= 15 is 0 Å². The Hall–Kier alpha value is -1.81. The van der Waals surface area contributed by atoms with Gasteiger partial charge in [0.25, 0.3) is 0 Å². The van der Waals surface area contributed by atoms with Crippen molar-refractivity contribution in [3.63, 3.8) is 0 Å². The highest BCUT2D eigenvalue weighted by atomic mass is 32.2. The van der Waals surface area contributed by atoms with Crippen LogP contribution >= 0.6 is 34.6 Å². The molecule has 6 nitrogen and oxygen atoms in total. The first kappa shape index (κ1) is 14.8. The molecule has 0 fully saturated rings. The number of aromatic nitrogens is 2. The van der Waals surface area contributed by atoms with Crippen LogP contribution in [0.3, 0.4) is 0 Å². The normalized spacial score (nSPS) is 14.9. The van der Waals surface area contributed by atoms with Gasteiger partial charge in [-0.05, 0) is 22.9 Å². The van der Waals surface area contributed by atoms with Crippen LogP contribution in [0.25, 0.3) is 10.2 Å². The van der Waals surface area contributed by atoms with E-state index in [1.54, 1.807) is 6.34 Å². The summed E-state index contributed by atoms with van der Waals surface area (Å²) in [7, 11) is 1.91. The van der Waals surface area contributed by atoms with Gasteiger partial charge in [-0.15, -0.1) is 27.1 Å². The van der Waals surface area contributed by atoms with Crippen molar-refractivity contribution in [2.75, 3.05) is 13.7 Å². The minimum Gasteiger partial charge on any atom is -0.287 e. The molecule has 4 rings (SSSR count). The fraction of sp³-hybridized carbons (Fsp3) is 0.143. The highest BCUT2D eigenvalue weighted by molar-refractivity contribution is 7.96. The standard InChI is InChI=1S/C14H11N5OS3/c1-18-7-15-8-19(18)23-14-16-9-4-6-22-13(9)11(17-14)12(20)10-3-2-5-21-10/h2-7H,8H2,1H3. The predicted octanol–water partition coefficient (Wildman–Crippen LogP) is 3.14. The molecule has 0 unspecified atom stereocenters. The third kappa shape index (κ3) is 2.76. The number of carbonyl (C=O) groups is 1. The first-order valence-electron chi connectivity index (χ1n) is 6.74. The van der Waals surface area contributed by atoms with Crippen LogP contribution in [0.5, 0.6) is 0 Å². The van der Waals surface area contributed by atoms with E-state index in [0.29, 0.717) is 22.4 Å². The number of nitrogens with zero attached hydrogens (tertiary/aromatic N) is 5. The topological polar surface area (TPSA) is 61.7 Å². The summed E-state index contributed by atoms with van der Waals surface area (Å²) in [5, 5.41) is 6.25. The summed E-state index contributed by atoms with van der Waals surface area (Å²) in [5.41, 5.74) is 1.27. The number of rotatable bonds is 4. The minimum atomic E-state index is -0.0530. The second kappa shape index (κ2) is 6.00. The molecule has 0 aliphatic carbocycles. The summed E-state index contributed by atoms with van der Waals surface area (Å²) in [4.78, 5) is 26.7. The molecule has 0 saturated carbocycles. The van der Waals surface area contributed by atoms with Gasteiger partial charge in [0.2, 0.25) is 10.9 Å². The van der Waals surface area contributed by atoms with E-state index in [0.717, 1.165) is 10.2 Å². The molecule has 0 saturated heterocycles. The molecule has 1 aliphatic heterocycles. The van der Waals surface area contributed by atoms with Crippen molar-refractivity contribution in [1.29, 1.82) is 0 Å². The van der Waals surface area contributed by atoms with Gasteiger partial charge >= 0.3 is 0 Å². The monoisotopic (exact) mass is 361 g/mol. The number of hydrogen-bond acceptors (Lipinski definition) is 9. The molecule has 23 heavy (non-hydrogen) atoms. The van der Waals surface area contributed by atoms with Crippen LogP contribution in [-0.4, -0.2) is 45.2 Å². The Labute approximate surface area is 144 Å². The SMILES string of the molecule is CN1C=NCN1Sc1nc(C(=O)c2cccs2)c2sccc2n1. The van der Waals surface area contributed by atoms with Gasteiger partial charge in [0.05, 0.1) is 15.1 Å². The summed E-state index contributed by atoms with van der Waals surface area (Å²) < 4.78 is 2.76. The number of aliphatic imine (C=N–C) groups is 1. The number of hydrogen-bond donors (Lipinski definition) is 0. The molecule has 3 aromatic rings. The minimum absolute atomic E-state index is 0.0530. The quantitative estimate of drug-likeness (QED) is 0.404. The van der Waals surface area contributed by atoms with Gasteiger partial charge in [-0.3, -0.25) is 14.8 Å². The Morgan fingerprint density at radius 3 is 2.91 bits per heavy atom. The third-order valence-electron chi connectivity index (χ3n) is 3.23. The van der Waals surface area contributed by atoms with Crippen molar-refractivity contribution >= 4 is 57.0 Å². The maximum atomic E-state index is 12.7. The fourth-order valence-electron chi connectivity index (χ4n) is 2.13. The number of fused-ring (bicyclic) bond motifs is 1. The Balaban J connectivity index is 1.74. The van der Waals surface area contributed by atoms with E-state index in [-0.39, 0.29) is 5.78 Å². The average molecular weight is 361 g/mol. The molecule has 0 N–H and O–H groups in total. The molecule has 3 aromatic heterocycles. The Kier molecular flexibility index (Phi) is 3.85. The second-order valence-electron chi connectivity index (χ2n) is 4.75. The summed E-state index contributed by atoms with van der Waals surface area (Å²) >= 11 is 4.29. The molecular weight excluding hydrogens is 350 g/mol. The summed E-state index contributed by atoms with van der Waals surface area (Å²) in [6, 6.07) is 5.61. The van der Waals surface area contributed by atoms with E-state index in [4.69, 9.17) is 0 Å². The van der Waals surface area contributed by atoms with Gasteiger partial charge in [0.15, 0.2) is 0 Å². The van der Waals surface area contributed by atoms with Crippen molar-refractivity contribution in [1.82, 2.24) is 19.4 Å². The largest absolute Gasteiger partial charge is 0.287 e. The fourth-order valence-corrected chi connectivity index (χ4v) is 4.37. The van der Waals surface area contributed by atoms with Gasteiger partial charge in [-0.2, -0.15) is 0 Å². The predicted molar refractivity (Wildman–Crippen MR) is 94.0 cm³/mol. The van der Waals surface area contributed by atoms with Crippen molar-refractivity contribution in [3.8, 4) is 0 Å². The molecule has 0 spiro atoms. The van der Waals surface area contributed by atoms with Crippen LogP contribution < -0.4 is 0 Å². The molecule has 0 amide bonds. The lowest BCUT2D eigenvalue weighted by atomic mass is 10.2. The number of thiophene rings is 2. The first-order chi connectivity index (χ1) is 11.2. The van der Waals surface area contributed by atoms with E-state index in [9.17, 15) is 4.79 Å². The van der Waals surface area contributed by atoms with Crippen LogP contribution in [0.4, 0.5) is 0 Å². The Morgan fingerprint density at radius 2 is 2.17 bits per heavy atom. The molecule has 0 aromatic carbocycles. The highest BCUT2D eigenvalue weighted by Gasteiger charge is 2.22. The molecule has 9 heteroatoms. The van der Waals surface area contributed by atoms with E-state index in [1.807, 2.05) is 45.4 Å². The van der Waals surface area contributed by atoms with Crippen molar-refractivity contribution < 1.29 is 4.79 Å². The molecule has 0 radical (unpaired) electrons. The summed E-state index contributed by atoms with van der Waals surface area (Å²) in [5.74, 6) is -0.0530. The van der Waals surface area contributed by atoms with Crippen LogP contribution in [-0.2, 0) is 0 Å². The van der Waals surface area contributed by atoms with Gasteiger partial charge in [0, 0.05) is 19.0 Å². The third-order valence-corrected chi connectivity index (χ3v) is 5.94. The Bertz CT molecular complexity index is 889. The first-order valence-corrected chi connectivity index (χ1v) is 9.27. The Morgan fingerprint density at radius 1 is 1.26 bits per heavy atom. The van der Waals surface area contributed by atoms with Crippen LogP contribution in [0.2, 0.25) is 0 Å². The molecule has 116 valence electrons. The zero-order valence-electron chi connectivity index (χ0n) is 12.0. The lowest BCUT2D eigenvalue weighted by Crippen LogP contribution is -2.27. The number of carbonyl (C=O) groups excluding carboxylic acids is 1. The lowest BCUT2D eigenvalue weighted by Gasteiger charge is -2.20. The van der Waals surface area contributed by atoms with Crippen molar-refractivity contribution in [3.05, 3.63) is 39.5 Å². The van der Waals surface area contributed by atoms with Crippen LogP contribution in [0.1, 0.15) is 15.4 Å². The van der Waals surface area contributed by atoms with Gasteiger partial charge < -0.3 is 0 Å². The highest BCUT2D eigenvalue weighted by Crippen LogP contribution is 2.29. The molecule has 1 aliphatic rings. The van der Waals surface area contributed by atoms with Gasteiger partial charge in [0.1, 0.15) is 18.7 Å². The van der Waals surface area contributed by atoms with E-state index in [1.165, 1.54) is 34.6 Å². The van der Waals surface area contributed by atoms with E-state index in [2.05, 4.69) is 15.0 Å². The van der Waals surface area contributed by atoms with Gasteiger partial charge in [-0.25, -0.2) is 9.97 Å². The number of ketones is 1.